The van der Waals surface area contributed by atoms with Crippen molar-refractivity contribution in [2.45, 2.75) is 6.54 Å². The molecule has 9 nitrogen and oxygen atoms in total. The van der Waals surface area contributed by atoms with Gasteiger partial charge in [0.05, 0.1) is 12.2 Å². The number of carbonyl (C=O) groups is 1. The Balaban J connectivity index is 1.56. The molecular weight excluding hydrogens is 434 g/mol. The average Bonchev–Trinajstić information content (AvgIpc) is 2.79. The highest BCUT2D eigenvalue weighted by Gasteiger charge is 2.16. The van der Waals surface area contributed by atoms with E-state index in [2.05, 4.69) is 20.5 Å². The summed E-state index contributed by atoms with van der Waals surface area (Å²) in [5.41, 5.74) is 0.388. The van der Waals surface area contributed by atoms with Crippen LogP contribution < -0.4 is 22.1 Å². The normalized spacial score (nSPS) is 10.7. The van der Waals surface area contributed by atoms with Crippen LogP contribution in [0.25, 0.3) is 11.3 Å². The zero-order chi connectivity index (χ0) is 22.7. The summed E-state index contributed by atoms with van der Waals surface area (Å²) in [7, 11) is 0. The van der Waals surface area contributed by atoms with Crippen molar-refractivity contribution >= 4 is 23.2 Å². The van der Waals surface area contributed by atoms with Crippen LogP contribution in [0.2, 0.25) is 5.02 Å². The van der Waals surface area contributed by atoms with Crippen molar-refractivity contribution in [3.8, 4) is 11.3 Å². The molecule has 0 fully saturated rings. The Kier molecular flexibility index (Phi) is 5.82. The molecule has 2 heterocycles. The first-order valence-corrected chi connectivity index (χ1v) is 9.83. The summed E-state index contributed by atoms with van der Waals surface area (Å²) in [5, 5.41) is 9.34. The number of aromatic nitrogens is 4. The molecule has 1 amide bonds. The lowest BCUT2D eigenvalue weighted by atomic mass is 10.1. The van der Waals surface area contributed by atoms with E-state index in [0.29, 0.717) is 22.0 Å². The highest BCUT2D eigenvalue weighted by atomic mass is 35.5. The molecule has 4 rings (SSSR count). The van der Waals surface area contributed by atoms with E-state index < -0.39 is 17.2 Å². The summed E-state index contributed by atoms with van der Waals surface area (Å²) in [6.07, 6.45) is 1.09. The summed E-state index contributed by atoms with van der Waals surface area (Å²) < 4.78 is 0.918. The molecule has 3 N–H and O–H groups in total. The molecule has 4 aromatic rings. The average molecular weight is 450 g/mol. The van der Waals surface area contributed by atoms with Crippen LogP contribution in [-0.2, 0) is 6.54 Å². The van der Waals surface area contributed by atoms with Crippen molar-refractivity contribution < 1.29 is 4.79 Å². The van der Waals surface area contributed by atoms with Gasteiger partial charge in [-0.1, -0.05) is 41.9 Å². The Morgan fingerprint density at radius 2 is 1.75 bits per heavy atom. The molecule has 160 valence electrons. The zero-order valence-electron chi connectivity index (χ0n) is 16.5. The fourth-order valence-corrected chi connectivity index (χ4v) is 3.24. The number of H-pyrrole nitrogens is 2. The summed E-state index contributed by atoms with van der Waals surface area (Å²) >= 11 is 6.12. The second-order valence-electron chi connectivity index (χ2n) is 6.83. The molecule has 0 saturated heterocycles. The van der Waals surface area contributed by atoms with Gasteiger partial charge in [-0.3, -0.25) is 19.0 Å². The lowest BCUT2D eigenvalue weighted by Crippen LogP contribution is -2.39. The highest BCUT2D eigenvalue weighted by molar-refractivity contribution is 6.31. The lowest BCUT2D eigenvalue weighted by molar-refractivity contribution is 0.102. The van der Waals surface area contributed by atoms with Crippen LogP contribution in [0.15, 0.2) is 81.2 Å². The molecule has 0 spiro atoms. The van der Waals surface area contributed by atoms with Gasteiger partial charge in [-0.15, -0.1) is 0 Å². The van der Waals surface area contributed by atoms with E-state index in [1.54, 1.807) is 54.6 Å². The van der Waals surface area contributed by atoms with Gasteiger partial charge in [-0.05, 0) is 29.8 Å². The molecule has 32 heavy (non-hydrogen) atoms. The van der Waals surface area contributed by atoms with Gasteiger partial charge in [-0.2, -0.15) is 5.10 Å². The van der Waals surface area contributed by atoms with Gasteiger partial charge < -0.3 is 10.3 Å². The van der Waals surface area contributed by atoms with Crippen LogP contribution in [0.3, 0.4) is 0 Å². The number of nitrogens with zero attached hydrogens (tertiary/aromatic N) is 2. The van der Waals surface area contributed by atoms with Crippen molar-refractivity contribution in [1.29, 1.82) is 0 Å². The molecule has 0 saturated carbocycles. The van der Waals surface area contributed by atoms with Crippen molar-refractivity contribution in [3.05, 3.63) is 114 Å². The Labute approximate surface area is 185 Å². The number of aromatic amines is 2. The highest BCUT2D eigenvalue weighted by Crippen LogP contribution is 2.18. The fraction of sp³-hybridized carbons (Fsp3) is 0.0455. The first kappa shape index (κ1) is 21.0. The van der Waals surface area contributed by atoms with E-state index in [4.69, 9.17) is 11.6 Å². The molecule has 2 aromatic carbocycles. The van der Waals surface area contributed by atoms with Gasteiger partial charge >= 0.3 is 5.69 Å². The number of nitrogens with one attached hydrogen (secondary N) is 3. The summed E-state index contributed by atoms with van der Waals surface area (Å²) in [6.45, 7) is -0.0736. The first-order chi connectivity index (χ1) is 15.4. The summed E-state index contributed by atoms with van der Waals surface area (Å²) in [5.74, 6) is -0.672. The third-order valence-corrected chi connectivity index (χ3v) is 5.08. The number of benzene rings is 2. The van der Waals surface area contributed by atoms with Gasteiger partial charge in [0.2, 0.25) is 0 Å². The van der Waals surface area contributed by atoms with Crippen LogP contribution >= 0.6 is 11.6 Å². The Bertz CT molecular complexity index is 1450. The smallest absolute Gasteiger partial charge is 0.322 e. The minimum atomic E-state index is -0.736. The van der Waals surface area contributed by atoms with Crippen LogP contribution in [0.5, 0.6) is 0 Å². The second kappa shape index (κ2) is 8.86. The molecule has 0 atom stereocenters. The summed E-state index contributed by atoms with van der Waals surface area (Å²) in [4.78, 5) is 51.2. The number of rotatable bonds is 5. The molecule has 0 unspecified atom stereocenters. The van der Waals surface area contributed by atoms with Crippen LogP contribution in [0.1, 0.15) is 15.9 Å². The number of carbonyl (C=O) groups excluding carboxylic acids is 1. The van der Waals surface area contributed by atoms with E-state index in [1.165, 1.54) is 6.07 Å². The largest absolute Gasteiger partial charge is 0.328 e. The number of hydrogen-bond acceptors (Lipinski definition) is 5. The predicted octanol–water partition coefficient (Wildman–Crippen LogP) is 2.24. The van der Waals surface area contributed by atoms with E-state index in [-0.39, 0.29) is 17.7 Å². The maximum atomic E-state index is 12.8. The second-order valence-corrected chi connectivity index (χ2v) is 7.24. The Morgan fingerprint density at radius 3 is 2.44 bits per heavy atom. The lowest BCUT2D eigenvalue weighted by Gasteiger charge is -2.09. The zero-order valence-corrected chi connectivity index (χ0v) is 17.2. The predicted molar refractivity (Wildman–Crippen MR) is 120 cm³/mol. The molecule has 0 aliphatic heterocycles. The molecule has 0 radical (unpaired) electrons. The number of amides is 1. The van der Waals surface area contributed by atoms with Crippen molar-refractivity contribution in [1.82, 2.24) is 19.7 Å². The number of anilines is 1. The Hall–Kier alpha value is -4.24. The third-order valence-electron chi connectivity index (χ3n) is 4.71. The standard InChI is InChI=1S/C22H16ClN5O4/c23-17-4-2-1-3-14(17)12-28-21(31)16(11-24-22(28)32)20(30)25-15-7-5-13(6-8-15)18-9-10-19(29)27-26-18/h1-11H,12H2,(H,24,32)(H,25,30)(H,27,29). The minimum Gasteiger partial charge on any atom is -0.322 e. The van der Waals surface area contributed by atoms with E-state index >= 15 is 0 Å². The quantitative estimate of drug-likeness (QED) is 0.430. The van der Waals surface area contributed by atoms with Gasteiger partial charge in [-0.25, -0.2) is 9.89 Å². The van der Waals surface area contributed by atoms with E-state index in [1.807, 2.05) is 0 Å². The van der Waals surface area contributed by atoms with Crippen LogP contribution in [0.4, 0.5) is 5.69 Å². The van der Waals surface area contributed by atoms with Crippen LogP contribution in [0, 0.1) is 0 Å². The summed E-state index contributed by atoms with van der Waals surface area (Å²) in [6, 6.07) is 16.4. The topological polar surface area (TPSA) is 130 Å². The molecule has 0 aliphatic rings. The molecular formula is C22H16ClN5O4. The van der Waals surface area contributed by atoms with Crippen molar-refractivity contribution in [2.24, 2.45) is 0 Å². The maximum Gasteiger partial charge on any atom is 0.328 e. The molecule has 0 bridgehead atoms. The number of halogens is 1. The fourth-order valence-electron chi connectivity index (χ4n) is 3.04. The van der Waals surface area contributed by atoms with Crippen molar-refractivity contribution in [3.63, 3.8) is 0 Å². The maximum absolute atomic E-state index is 12.8. The molecule has 10 heteroatoms. The monoisotopic (exact) mass is 449 g/mol. The SMILES string of the molecule is O=C(Nc1ccc(-c2ccc(=O)[nH]n2)cc1)c1c[nH]c(=O)n(Cc2ccccc2Cl)c1=O. The third kappa shape index (κ3) is 4.42. The first-order valence-electron chi connectivity index (χ1n) is 9.46. The van der Waals surface area contributed by atoms with Gasteiger partial charge in [0.1, 0.15) is 5.56 Å². The minimum absolute atomic E-state index is 0.0736. The van der Waals surface area contributed by atoms with E-state index in [9.17, 15) is 19.2 Å². The van der Waals surface area contributed by atoms with Crippen molar-refractivity contribution in [2.75, 3.05) is 5.32 Å². The van der Waals surface area contributed by atoms with Crippen LogP contribution in [-0.4, -0.2) is 25.7 Å². The number of hydrogen-bond donors (Lipinski definition) is 3. The molecule has 0 aliphatic carbocycles. The van der Waals surface area contributed by atoms with E-state index in [0.717, 1.165) is 16.3 Å². The van der Waals surface area contributed by atoms with Gasteiger partial charge in [0, 0.05) is 28.5 Å². The van der Waals surface area contributed by atoms with Gasteiger partial charge in [0.25, 0.3) is 17.0 Å². The Morgan fingerprint density at radius 1 is 1.00 bits per heavy atom. The molecule has 2 aromatic heterocycles. The van der Waals surface area contributed by atoms with Gasteiger partial charge in [0.15, 0.2) is 0 Å².